The fourth-order valence-corrected chi connectivity index (χ4v) is 2.20. The molecule has 0 radical (unpaired) electrons. The summed E-state index contributed by atoms with van der Waals surface area (Å²) in [5, 5.41) is 0.348. The molecule has 2 rings (SSSR count). The van der Waals surface area contributed by atoms with Gasteiger partial charge in [0, 0.05) is 30.4 Å². The molecule has 2 aromatic rings. The predicted molar refractivity (Wildman–Crippen MR) is 77.9 cm³/mol. The quantitative estimate of drug-likeness (QED) is 0.811. The normalized spacial score (nSPS) is 10.6. The number of hydrogen-bond acceptors (Lipinski definition) is 3. The molecular formula is C15H17ClN2O2. The van der Waals surface area contributed by atoms with Gasteiger partial charge in [-0.15, -0.1) is 0 Å². The standard InChI is InChI=1S/C15H17ClN2O2/c1-4-13-7-12(8-14(16)17-13)15(19)18(3)9-11-5-6-20-10(11)2/h5-8H,4,9H2,1-3H3. The summed E-state index contributed by atoms with van der Waals surface area (Å²) in [6.07, 6.45) is 2.37. The molecule has 0 aliphatic carbocycles. The fourth-order valence-electron chi connectivity index (χ4n) is 1.98. The fraction of sp³-hybridized carbons (Fsp3) is 0.333. The molecule has 0 spiro atoms. The third kappa shape index (κ3) is 3.20. The highest BCUT2D eigenvalue weighted by Crippen LogP contribution is 2.16. The molecule has 2 heterocycles. The van der Waals surface area contributed by atoms with Gasteiger partial charge in [-0.2, -0.15) is 0 Å². The summed E-state index contributed by atoms with van der Waals surface area (Å²) >= 11 is 5.95. The van der Waals surface area contributed by atoms with Crippen LogP contribution in [-0.4, -0.2) is 22.8 Å². The molecule has 0 fully saturated rings. The van der Waals surface area contributed by atoms with Gasteiger partial charge in [0.05, 0.1) is 6.26 Å². The monoisotopic (exact) mass is 292 g/mol. The van der Waals surface area contributed by atoms with Crippen molar-refractivity contribution in [2.24, 2.45) is 0 Å². The smallest absolute Gasteiger partial charge is 0.254 e. The SMILES string of the molecule is CCc1cc(C(=O)N(C)Cc2ccoc2C)cc(Cl)n1. The Morgan fingerprint density at radius 3 is 2.80 bits per heavy atom. The van der Waals surface area contributed by atoms with E-state index in [9.17, 15) is 4.79 Å². The molecule has 0 aliphatic rings. The van der Waals surface area contributed by atoms with Gasteiger partial charge < -0.3 is 9.32 Å². The highest BCUT2D eigenvalue weighted by Gasteiger charge is 2.15. The molecule has 0 saturated carbocycles. The summed E-state index contributed by atoms with van der Waals surface area (Å²) in [7, 11) is 1.76. The van der Waals surface area contributed by atoms with Gasteiger partial charge in [-0.1, -0.05) is 18.5 Å². The number of carbonyl (C=O) groups is 1. The first-order chi connectivity index (χ1) is 9.51. The van der Waals surface area contributed by atoms with Gasteiger partial charge in [-0.25, -0.2) is 4.98 Å². The number of nitrogens with zero attached hydrogens (tertiary/aromatic N) is 2. The van der Waals surface area contributed by atoms with Crippen molar-refractivity contribution in [3.8, 4) is 0 Å². The summed E-state index contributed by atoms with van der Waals surface area (Å²) in [4.78, 5) is 18.2. The van der Waals surface area contributed by atoms with Crippen LogP contribution in [-0.2, 0) is 13.0 Å². The minimum Gasteiger partial charge on any atom is -0.469 e. The lowest BCUT2D eigenvalue weighted by Crippen LogP contribution is -2.26. The number of halogens is 1. The van der Waals surface area contributed by atoms with Crippen molar-refractivity contribution in [2.45, 2.75) is 26.8 Å². The van der Waals surface area contributed by atoms with Crippen molar-refractivity contribution in [2.75, 3.05) is 7.05 Å². The maximum absolute atomic E-state index is 12.4. The molecule has 0 atom stereocenters. The molecule has 5 heteroatoms. The van der Waals surface area contributed by atoms with E-state index < -0.39 is 0 Å². The third-order valence-corrected chi connectivity index (χ3v) is 3.37. The molecule has 1 amide bonds. The van der Waals surface area contributed by atoms with Crippen LogP contribution in [0.5, 0.6) is 0 Å². The Labute approximate surface area is 123 Å². The first-order valence-corrected chi connectivity index (χ1v) is 6.84. The molecule has 0 bridgehead atoms. The Bertz CT molecular complexity index is 622. The van der Waals surface area contributed by atoms with Crippen molar-refractivity contribution < 1.29 is 9.21 Å². The number of aryl methyl sites for hydroxylation is 2. The number of pyridine rings is 1. The molecule has 0 aliphatic heterocycles. The van der Waals surface area contributed by atoms with Crippen molar-refractivity contribution in [3.05, 3.63) is 52.2 Å². The number of aromatic nitrogens is 1. The Balaban J connectivity index is 2.18. The van der Waals surface area contributed by atoms with Gasteiger partial charge in [0.2, 0.25) is 0 Å². The summed E-state index contributed by atoms with van der Waals surface area (Å²) in [5.74, 6) is 0.747. The highest BCUT2D eigenvalue weighted by molar-refractivity contribution is 6.29. The molecule has 20 heavy (non-hydrogen) atoms. The van der Waals surface area contributed by atoms with Crippen molar-refractivity contribution in [1.82, 2.24) is 9.88 Å². The average Bonchev–Trinajstić information content (AvgIpc) is 2.82. The van der Waals surface area contributed by atoms with Crippen LogP contribution in [0.1, 0.15) is 34.3 Å². The van der Waals surface area contributed by atoms with Crippen LogP contribution in [0.4, 0.5) is 0 Å². The topological polar surface area (TPSA) is 46.3 Å². The first kappa shape index (κ1) is 14.6. The number of rotatable bonds is 4. The van der Waals surface area contributed by atoms with E-state index in [2.05, 4.69) is 4.98 Å². The van der Waals surface area contributed by atoms with Crippen LogP contribution >= 0.6 is 11.6 Å². The molecule has 0 saturated heterocycles. The maximum atomic E-state index is 12.4. The lowest BCUT2D eigenvalue weighted by molar-refractivity contribution is 0.0784. The number of furan rings is 1. The van der Waals surface area contributed by atoms with Crippen molar-refractivity contribution in [3.63, 3.8) is 0 Å². The van der Waals surface area contributed by atoms with Gasteiger partial charge in [-0.3, -0.25) is 4.79 Å². The summed E-state index contributed by atoms with van der Waals surface area (Å²) < 4.78 is 5.24. The van der Waals surface area contributed by atoms with Crippen LogP contribution in [0, 0.1) is 6.92 Å². The lowest BCUT2D eigenvalue weighted by atomic mass is 10.1. The van der Waals surface area contributed by atoms with E-state index in [1.165, 1.54) is 0 Å². The highest BCUT2D eigenvalue weighted by atomic mass is 35.5. The van der Waals surface area contributed by atoms with Gasteiger partial charge in [0.25, 0.3) is 5.91 Å². The second kappa shape index (κ2) is 6.09. The lowest BCUT2D eigenvalue weighted by Gasteiger charge is -2.17. The van der Waals surface area contributed by atoms with Gasteiger partial charge in [-0.05, 0) is 31.5 Å². The van der Waals surface area contributed by atoms with Gasteiger partial charge >= 0.3 is 0 Å². The molecule has 106 valence electrons. The number of carbonyl (C=O) groups excluding carboxylic acids is 1. The zero-order valence-electron chi connectivity index (χ0n) is 11.8. The minimum absolute atomic E-state index is 0.0791. The second-order valence-corrected chi connectivity index (χ2v) is 5.07. The van der Waals surface area contributed by atoms with Crippen molar-refractivity contribution >= 4 is 17.5 Å². The third-order valence-electron chi connectivity index (χ3n) is 3.18. The van der Waals surface area contributed by atoms with E-state index in [1.54, 1.807) is 30.3 Å². The maximum Gasteiger partial charge on any atom is 0.254 e. The zero-order valence-corrected chi connectivity index (χ0v) is 12.6. The van der Waals surface area contributed by atoms with Crippen LogP contribution in [0.2, 0.25) is 5.15 Å². The van der Waals surface area contributed by atoms with Gasteiger partial charge in [0.15, 0.2) is 0 Å². The van der Waals surface area contributed by atoms with Crippen LogP contribution < -0.4 is 0 Å². The minimum atomic E-state index is -0.0791. The molecule has 4 nitrogen and oxygen atoms in total. The Morgan fingerprint density at radius 1 is 1.45 bits per heavy atom. The summed E-state index contributed by atoms with van der Waals surface area (Å²) in [6.45, 7) is 4.36. The van der Waals surface area contributed by atoms with E-state index in [4.69, 9.17) is 16.0 Å². The van der Waals surface area contributed by atoms with E-state index in [0.29, 0.717) is 17.3 Å². The molecule has 0 N–H and O–H groups in total. The number of hydrogen-bond donors (Lipinski definition) is 0. The molecular weight excluding hydrogens is 276 g/mol. The van der Waals surface area contributed by atoms with Crippen LogP contribution in [0.3, 0.4) is 0 Å². The summed E-state index contributed by atoms with van der Waals surface area (Å²) in [6, 6.07) is 5.25. The molecule has 0 aromatic carbocycles. The average molecular weight is 293 g/mol. The van der Waals surface area contributed by atoms with Crippen LogP contribution in [0.15, 0.2) is 28.9 Å². The van der Waals surface area contributed by atoms with E-state index in [-0.39, 0.29) is 5.91 Å². The van der Waals surface area contributed by atoms with Gasteiger partial charge in [0.1, 0.15) is 10.9 Å². The van der Waals surface area contributed by atoms with E-state index in [1.807, 2.05) is 19.9 Å². The second-order valence-electron chi connectivity index (χ2n) is 4.69. The Kier molecular flexibility index (Phi) is 4.45. The van der Waals surface area contributed by atoms with Crippen molar-refractivity contribution in [1.29, 1.82) is 0 Å². The molecule has 0 unspecified atom stereocenters. The number of amides is 1. The molecule has 2 aromatic heterocycles. The van der Waals surface area contributed by atoms with E-state index in [0.717, 1.165) is 23.4 Å². The van der Waals surface area contributed by atoms with E-state index >= 15 is 0 Å². The Hall–Kier alpha value is -1.81. The summed E-state index contributed by atoms with van der Waals surface area (Å²) in [5.41, 5.74) is 2.37. The van der Waals surface area contributed by atoms with Crippen LogP contribution in [0.25, 0.3) is 0 Å². The predicted octanol–water partition coefficient (Wildman–Crippen LogP) is 3.47. The largest absolute Gasteiger partial charge is 0.469 e. The Morgan fingerprint density at radius 2 is 2.20 bits per heavy atom. The first-order valence-electron chi connectivity index (χ1n) is 6.46. The zero-order chi connectivity index (χ0) is 14.7.